The van der Waals surface area contributed by atoms with Crippen molar-refractivity contribution in [1.29, 1.82) is 0 Å². The van der Waals surface area contributed by atoms with Gasteiger partial charge in [-0.25, -0.2) is 0 Å². The Hall–Kier alpha value is -2.14. The summed E-state index contributed by atoms with van der Waals surface area (Å²) in [4.78, 5) is 0. The number of allylic oxidation sites excluding steroid dienone is 1. The van der Waals surface area contributed by atoms with Crippen molar-refractivity contribution < 1.29 is 28.7 Å². The maximum atomic E-state index is 13.2. The summed E-state index contributed by atoms with van der Waals surface area (Å²) >= 11 is 0. The predicted octanol–water partition coefficient (Wildman–Crippen LogP) is 3.88. The molecule has 0 bridgehead atoms. The van der Waals surface area contributed by atoms with Crippen LogP contribution in [0, 0.1) is 6.92 Å². The van der Waals surface area contributed by atoms with Gasteiger partial charge in [-0.1, -0.05) is 95.6 Å². The van der Waals surface area contributed by atoms with E-state index in [0.29, 0.717) is 11.3 Å². The minimum atomic E-state index is -0.301. The normalized spacial score (nSPS) is 12.9. The number of benzene rings is 3. The number of aryl methyl sites for hydroxylation is 1. The van der Waals surface area contributed by atoms with Crippen LogP contribution in [0.3, 0.4) is 0 Å². The van der Waals surface area contributed by atoms with Crippen LogP contribution in [0.1, 0.15) is 70.7 Å². The Labute approximate surface area is 199 Å². The van der Waals surface area contributed by atoms with Crippen molar-refractivity contribution in [2.45, 2.75) is 66.2 Å². The van der Waals surface area contributed by atoms with Gasteiger partial charge in [-0.05, 0) is 63.8 Å². The van der Waals surface area contributed by atoms with Crippen LogP contribution >= 0.6 is 0 Å². The first-order chi connectivity index (χ1) is 13.9. The Morgan fingerprint density at radius 1 is 0.774 bits per heavy atom. The third-order valence-electron chi connectivity index (χ3n) is 5.53. The van der Waals surface area contributed by atoms with Crippen molar-refractivity contribution in [3.63, 3.8) is 0 Å². The first-order valence-corrected chi connectivity index (χ1v) is 10.6. The Morgan fingerprint density at radius 2 is 1.29 bits per heavy atom. The zero-order chi connectivity index (χ0) is 22.3. The zero-order valence-corrected chi connectivity index (χ0v) is 20.5. The quantitative estimate of drug-likeness (QED) is 0.487. The smallest absolute Gasteiger partial charge is 0.579 e. The van der Waals surface area contributed by atoms with Gasteiger partial charge < -0.3 is 9.84 Å². The van der Waals surface area contributed by atoms with Crippen LogP contribution in [0.5, 0.6) is 5.75 Å². The van der Waals surface area contributed by atoms with Crippen LogP contribution in [0.2, 0.25) is 0 Å². The van der Waals surface area contributed by atoms with E-state index in [4.69, 9.17) is 4.74 Å². The molecule has 2 nitrogen and oxygen atoms in total. The molecule has 0 fully saturated rings. The third-order valence-corrected chi connectivity index (χ3v) is 5.53. The van der Waals surface area contributed by atoms with Gasteiger partial charge in [0, 0.05) is 5.75 Å². The first kappa shape index (κ1) is 25.1. The average molecular weight is 409 g/mol. The molecule has 0 saturated carbocycles. The Balaban J connectivity index is 0.00000341. The molecule has 3 aromatic rings. The SMILES string of the molecule is C/C(=C(/[O-])Oc1c(C(C)(C)C)cc(C)cc1C(C)(C)C)c1ccc2ccccc2c1.[Li+]. The molecule has 0 spiro atoms. The van der Waals surface area contributed by atoms with E-state index in [9.17, 15) is 5.11 Å². The molecule has 0 saturated heterocycles. The molecule has 0 N–H and O–H groups in total. The first-order valence-electron chi connectivity index (χ1n) is 10.6. The van der Waals surface area contributed by atoms with Gasteiger partial charge in [0.2, 0.25) is 0 Å². The van der Waals surface area contributed by atoms with Gasteiger partial charge in [-0.3, -0.25) is 0 Å². The van der Waals surface area contributed by atoms with E-state index in [2.05, 4.69) is 84.9 Å². The molecular formula is C28H33LiO2. The third kappa shape index (κ3) is 5.56. The van der Waals surface area contributed by atoms with Crippen LogP contribution in [-0.4, -0.2) is 0 Å². The van der Waals surface area contributed by atoms with Crippen LogP contribution in [0.15, 0.2) is 60.5 Å². The fourth-order valence-electron chi connectivity index (χ4n) is 3.71. The van der Waals surface area contributed by atoms with E-state index >= 15 is 0 Å². The molecular weight excluding hydrogens is 375 g/mol. The molecule has 158 valence electrons. The number of fused-ring (bicyclic) bond motifs is 1. The summed E-state index contributed by atoms with van der Waals surface area (Å²) in [5, 5.41) is 15.5. The Kier molecular flexibility index (Phi) is 7.42. The van der Waals surface area contributed by atoms with Gasteiger partial charge in [0.1, 0.15) is 0 Å². The minimum Gasteiger partial charge on any atom is -0.579 e. The van der Waals surface area contributed by atoms with Gasteiger partial charge in [-0.15, -0.1) is 0 Å². The fraction of sp³-hybridized carbons (Fsp3) is 0.357. The summed E-state index contributed by atoms with van der Waals surface area (Å²) in [6.45, 7) is 16.9. The van der Waals surface area contributed by atoms with Crippen LogP contribution in [-0.2, 0) is 10.8 Å². The fourth-order valence-corrected chi connectivity index (χ4v) is 3.71. The second-order valence-corrected chi connectivity index (χ2v) is 10.3. The molecule has 0 heterocycles. The molecule has 3 heteroatoms. The van der Waals surface area contributed by atoms with E-state index in [1.165, 1.54) is 5.56 Å². The van der Waals surface area contributed by atoms with Gasteiger partial charge in [0.05, 0.1) is 5.95 Å². The van der Waals surface area contributed by atoms with Crippen LogP contribution in [0.4, 0.5) is 0 Å². The predicted molar refractivity (Wildman–Crippen MR) is 126 cm³/mol. The second-order valence-electron chi connectivity index (χ2n) is 10.3. The molecule has 0 amide bonds. The van der Waals surface area contributed by atoms with Crippen LogP contribution in [0.25, 0.3) is 16.3 Å². The average Bonchev–Trinajstić information content (AvgIpc) is 2.66. The zero-order valence-electron chi connectivity index (χ0n) is 20.5. The van der Waals surface area contributed by atoms with E-state index in [0.717, 1.165) is 27.5 Å². The Morgan fingerprint density at radius 3 is 1.81 bits per heavy atom. The minimum absolute atomic E-state index is 0. The molecule has 0 aromatic heterocycles. The monoisotopic (exact) mass is 408 g/mol. The van der Waals surface area contributed by atoms with Crippen molar-refractivity contribution in [3.8, 4) is 5.75 Å². The summed E-state index contributed by atoms with van der Waals surface area (Å²) in [7, 11) is 0. The van der Waals surface area contributed by atoms with E-state index < -0.39 is 0 Å². The summed E-state index contributed by atoms with van der Waals surface area (Å²) in [6.07, 6.45) is 0. The number of rotatable bonds is 3. The molecule has 0 aliphatic heterocycles. The summed E-state index contributed by atoms with van der Waals surface area (Å²) < 4.78 is 6.14. The molecule has 31 heavy (non-hydrogen) atoms. The molecule has 3 rings (SSSR count). The number of ether oxygens (including phenoxy) is 1. The van der Waals surface area contributed by atoms with Crippen molar-refractivity contribution in [3.05, 3.63) is 82.8 Å². The molecule has 0 radical (unpaired) electrons. The van der Waals surface area contributed by atoms with E-state index in [-0.39, 0.29) is 35.6 Å². The topological polar surface area (TPSA) is 32.3 Å². The largest absolute Gasteiger partial charge is 1.00 e. The standard InChI is InChI=1S/C28H34O2.Li/c1-18-15-23(27(3,4)5)25(24(16-18)28(6,7)8)30-26(29)19(2)21-14-13-20-11-9-10-12-22(20)17-21;/h9-17,29H,1-8H3;/q;+1/p-1/b26-19+;. The van der Waals surface area contributed by atoms with Gasteiger partial charge in [0.15, 0.2) is 0 Å². The molecule has 3 aromatic carbocycles. The Bertz CT molecular complexity index is 1080. The van der Waals surface area contributed by atoms with Crippen molar-refractivity contribution in [2.24, 2.45) is 0 Å². The number of hydrogen-bond donors (Lipinski definition) is 0. The molecule has 0 unspecified atom stereocenters. The maximum Gasteiger partial charge on any atom is 1.00 e. The maximum absolute atomic E-state index is 13.2. The van der Waals surface area contributed by atoms with Crippen molar-refractivity contribution in [2.75, 3.05) is 0 Å². The number of hydrogen-bond acceptors (Lipinski definition) is 2. The van der Waals surface area contributed by atoms with Crippen LogP contribution < -0.4 is 28.7 Å². The van der Waals surface area contributed by atoms with Crippen molar-refractivity contribution in [1.82, 2.24) is 0 Å². The summed E-state index contributed by atoms with van der Waals surface area (Å²) in [6, 6.07) is 18.5. The van der Waals surface area contributed by atoms with Gasteiger partial charge in [0.25, 0.3) is 0 Å². The van der Waals surface area contributed by atoms with Gasteiger partial charge >= 0.3 is 18.9 Å². The van der Waals surface area contributed by atoms with E-state index in [1.807, 2.05) is 25.1 Å². The van der Waals surface area contributed by atoms with Gasteiger partial charge in [-0.2, -0.15) is 0 Å². The van der Waals surface area contributed by atoms with E-state index in [1.54, 1.807) is 0 Å². The molecule has 0 aliphatic carbocycles. The molecule has 0 aliphatic rings. The second kappa shape index (κ2) is 9.15. The van der Waals surface area contributed by atoms with Crippen molar-refractivity contribution >= 4 is 16.3 Å². The summed E-state index contributed by atoms with van der Waals surface area (Å²) in [5.41, 5.74) is 4.53. The summed E-state index contributed by atoms with van der Waals surface area (Å²) in [5.74, 6) is 0.399. The molecule has 0 atom stereocenters.